The van der Waals surface area contributed by atoms with Crippen molar-refractivity contribution in [2.45, 2.75) is 12.8 Å². The summed E-state index contributed by atoms with van der Waals surface area (Å²) in [5.74, 6) is -0.381. The van der Waals surface area contributed by atoms with Crippen LogP contribution >= 0.6 is 0 Å². The Labute approximate surface area is 146 Å². The largest absolute Gasteiger partial charge is 0.488 e. The van der Waals surface area contributed by atoms with E-state index in [4.69, 9.17) is 4.74 Å². The van der Waals surface area contributed by atoms with E-state index < -0.39 is 10.5 Å². The molecule has 0 spiro atoms. The molecule has 25 heavy (non-hydrogen) atoms. The molecule has 2 aromatic rings. The van der Waals surface area contributed by atoms with Gasteiger partial charge in [-0.25, -0.2) is 0 Å². The number of carbonyl (C=O) groups is 1. The van der Waals surface area contributed by atoms with E-state index in [-0.39, 0.29) is 24.2 Å². The SMILES string of the molecule is CC(COCC(=O)Nc1ccc(OS(=O)(=O)F)cc1)c1ccccc1. The zero-order valence-electron chi connectivity index (χ0n) is 13.5. The minimum absolute atomic E-state index is 0.117. The second-order valence-electron chi connectivity index (χ2n) is 5.38. The van der Waals surface area contributed by atoms with Gasteiger partial charge in [0.25, 0.3) is 0 Å². The summed E-state index contributed by atoms with van der Waals surface area (Å²) in [6.45, 7) is 2.29. The molecule has 0 saturated carbocycles. The zero-order valence-corrected chi connectivity index (χ0v) is 14.3. The molecule has 2 rings (SSSR count). The van der Waals surface area contributed by atoms with Gasteiger partial charge in [0.05, 0.1) is 6.61 Å². The standard InChI is InChI=1S/C17H18FNO5S/c1-13(14-5-3-2-4-6-14)11-23-12-17(20)19-15-7-9-16(10-8-15)24-25(18,21)22/h2-10,13H,11-12H2,1H3,(H,19,20). The Morgan fingerprint density at radius 2 is 1.76 bits per heavy atom. The maximum atomic E-state index is 12.4. The first-order valence-corrected chi connectivity index (χ1v) is 8.81. The highest BCUT2D eigenvalue weighted by atomic mass is 32.3. The molecule has 0 fully saturated rings. The van der Waals surface area contributed by atoms with Gasteiger partial charge in [-0.3, -0.25) is 4.79 Å². The normalized spacial score (nSPS) is 12.4. The van der Waals surface area contributed by atoms with Crippen LogP contribution in [0.2, 0.25) is 0 Å². The molecule has 1 atom stereocenters. The van der Waals surface area contributed by atoms with Gasteiger partial charge in [-0.2, -0.15) is 8.42 Å². The minimum Gasteiger partial charge on any atom is -0.371 e. The number of rotatable bonds is 8. The Kier molecular flexibility index (Phi) is 6.49. The average molecular weight is 367 g/mol. The van der Waals surface area contributed by atoms with Crippen molar-refractivity contribution in [2.75, 3.05) is 18.5 Å². The fourth-order valence-electron chi connectivity index (χ4n) is 2.11. The molecule has 0 heterocycles. The van der Waals surface area contributed by atoms with Crippen molar-refractivity contribution in [2.24, 2.45) is 0 Å². The molecule has 0 bridgehead atoms. The minimum atomic E-state index is -5.06. The van der Waals surface area contributed by atoms with Crippen molar-refractivity contribution in [1.29, 1.82) is 0 Å². The maximum Gasteiger partial charge on any atom is 0.488 e. The highest BCUT2D eigenvalue weighted by molar-refractivity contribution is 7.81. The van der Waals surface area contributed by atoms with Gasteiger partial charge in [0.15, 0.2) is 0 Å². The van der Waals surface area contributed by atoms with Crippen LogP contribution < -0.4 is 9.50 Å². The van der Waals surface area contributed by atoms with Gasteiger partial charge in [-0.1, -0.05) is 41.1 Å². The monoisotopic (exact) mass is 367 g/mol. The molecule has 0 aliphatic carbocycles. The molecule has 6 nitrogen and oxygen atoms in total. The summed E-state index contributed by atoms with van der Waals surface area (Å²) in [5.41, 5.74) is 1.54. The lowest BCUT2D eigenvalue weighted by Gasteiger charge is -2.12. The summed E-state index contributed by atoms with van der Waals surface area (Å²) in [4.78, 5) is 11.8. The summed E-state index contributed by atoms with van der Waals surface area (Å²) < 4.78 is 42.6. The molecule has 0 aliphatic heterocycles. The number of nitrogens with one attached hydrogen (secondary N) is 1. The van der Waals surface area contributed by atoms with Gasteiger partial charge in [-0.05, 0) is 29.8 Å². The van der Waals surface area contributed by atoms with Crippen LogP contribution in [0.1, 0.15) is 18.4 Å². The molecule has 1 unspecified atom stereocenters. The van der Waals surface area contributed by atoms with Gasteiger partial charge in [0, 0.05) is 11.6 Å². The smallest absolute Gasteiger partial charge is 0.371 e. The topological polar surface area (TPSA) is 81.7 Å². The highest BCUT2D eigenvalue weighted by Gasteiger charge is 2.10. The van der Waals surface area contributed by atoms with Crippen LogP contribution in [0.15, 0.2) is 54.6 Å². The molecule has 1 N–H and O–H groups in total. The molecule has 8 heteroatoms. The first-order valence-electron chi connectivity index (χ1n) is 7.50. The number of benzene rings is 2. The van der Waals surface area contributed by atoms with Crippen molar-refractivity contribution in [3.63, 3.8) is 0 Å². The lowest BCUT2D eigenvalue weighted by Crippen LogP contribution is -2.19. The van der Waals surface area contributed by atoms with Gasteiger partial charge < -0.3 is 14.2 Å². The molecule has 2 aromatic carbocycles. The summed E-state index contributed by atoms with van der Waals surface area (Å²) in [7, 11) is -5.06. The van der Waals surface area contributed by atoms with E-state index in [0.717, 1.165) is 5.56 Å². The van der Waals surface area contributed by atoms with E-state index in [1.165, 1.54) is 24.3 Å². The highest BCUT2D eigenvalue weighted by Crippen LogP contribution is 2.18. The molecular formula is C17H18FNO5S. The Bertz CT molecular complexity index is 794. The number of amides is 1. The van der Waals surface area contributed by atoms with Crippen molar-refractivity contribution in [1.82, 2.24) is 0 Å². The number of ether oxygens (including phenoxy) is 1. The van der Waals surface area contributed by atoms with Crippen LogP contribution in [-0.2, 0) is 20.0 Å². The van der Waals surface area contributed by atoms with E-state index in [1.54, 1.807) is 0 Å². The summed E-state index contributed by atoms with van der Waals surface area (Å²) in [6, 6.07) is 15.1. The Balaban J connectivity index is 1.76. The lowest BCUT2D eigenvalue weighted by molar-refractivity contribution is -0.120. The predicted octanol–water partition coefficient (Wildman–Crippen LogP) is 3.04. The zero-order chi connectivity index (χ0) is 18.3. The van der Waals surface area contributed by atoms with Crippen molar-refractivity contribution < 1.29 is 26.0 Å². The van der Waals surface area contributed by atoms with Crippen LogP contribution in [0.4, 0.5) is 9.57 Å². The molecule has 0 radical (unpaired) electrons. The van der Waals surface area contributed by atoms with E-state index >= 15 is 0 Å². The first kappa shape index (κ1) is 18.9. The van der Waals surface area contributed by atoms with Gasteiger partial charge in [0.1, 0.15) is 12.4 Å². The van der Waals surface area contributed by atoms with E-state index in [2.05, 4.69) is 9.50 Å². The number of hydrogen-bond donors (Lipinski definition) is 1. The number of carbonyl (C=O) groups excluding carboxylic acids is 1. The fraction of sp³-hybridized carbons (Fsp3) is 0.235. The predicted molar refractivity (Wildman–Crippen MR) is 91.4 cm³/mol. The van der Waals surface area contributed by atoms with Crippen molar-refractivity contribution >= 4 is 22.1 Å². The van der Waals surface area contributed by atoms with Crippen LogP contribution in [0.5, 0.6) is 5.75 Å². The molecular weight excluding hydrogens is 349 g/mol. The van der Waals surface area contributed by atoms with Crippen molar-refractivity contribution in [3.8, 4) is 5.75 Å². The van der Waals surface area contributed by atoms with E-state index in [9.17, 15) is 17.1 Å². The van der Waals surface area contributed by atoms with E-state index in [1.807, 2.05) is 37.3 Å². The Morgan fingerprint density at radius 1 is 1.12 bits per heavy atom. The number of anilines is 1. The third-order valence-corrected chi connectivity index (χ3v) is 3.69. The molecule has 0 aliphatic rings. The second-order valence-corrected chi connectivity index (χ2v) is 6.33. The summed E-state index contributed by atoms with van der Waals surface area (Å²) in [6.07, 6.45) is 0. The Morgan fingerprint density at radius 3 is 2.36 bits per heavy atom. The molecule has 0 aromatic heterocycles. The van der Waals surface area contributed by atoms with Crippen LogP contribution in [0, 0.1) is 0 Å². The average Bonchev–Trinajstić information content (AvgIpc) is 2.56. The van der Waals surface area contributed by atoms with Gasteiger partial charge in [0.2, 0.25) is 5.91 Å². The Hall–Kier alpha value is -2.45. The van der Waals surface area contributed by atoms with E-state index in [0.29, 0.717) is 12.3 Å². The van der Waals surface area contributed by atoms with Crippen LogP contribution in [0.3, 0.4) is 0 Å². The quantitative estimate of drug-likeness (QED) is 0.725. The first-order chi connectivity index (χ1) is 11.8. The molecule has 134 valence electrons. The third-order valence-electron chi connectivity index (χ3n) is 3.30. The van der Waals surface area contributed by atoms with Gasteiger partial charge in [-0.15, -0.1) is 0 Å². The van der Waals surface area contributed by atoms with Crippen molar-refractivity contribution in [3.05, 3.63) is 60.2 Å². The third kappa shape index (κ3) is 6.90. The second kappa shape index (κ2) is 8.59. The van der Waals surface area contributed by atoms with Gasteiger partial charge >= 0.3 is 10.5 Å². The van der Waals surface area contributed by atoms with Crippen LogP contribution in [-0.4, -0.2) is 27.5 Å². The molecule has 1 amide bonds. The maximum absolute atomic E-state index is 12.4. The van der Waals surface area contributed by atoms with Crippen LogP contribution in [0.25, 0.3) is 0 Å². The summed E-state index contributed by atoms with van der Waals surface area (Å²) >= 11 is 0. The summed E-state index contributed by atoms with van der Waals surface area (Å²) in [5, 5.41) is 2.58. The fourth-order valence-corrected chi connectivity index (χ4v) is 2.45. The lowest BCUT2D eigenvalue weighted by atomic mass is 10.0. The molecule has 0 saturated heterocycles. The number of hydrogen-bond acceptors (Lipinski definition) is 5. The number of halogens is 1.